The van der Waals surface area contributed by atoms with Crippen LogP contribution in [0.2, 0.25) is 0 Å². The predicted octanol–water partition coefficient (Wildman–Crippen LogP) is 0.215. The smallest absolute Gasteiger partial charge is 0.251 e. The topological polar surface area (TPSA) is 55.1 Å². The zero-order valence-corrected chi connectivity index (χ0v) is 6.63. The van der Waals surface area contributed by atoms with Crippen molar-refractivity contribution in [2.75, 3.05) is 6.54 Å². The highest BCUT2D eigenvalue weighted by atomic mass is 16.1. The van der Waals surface area contributed by atoms with Crippen LogP contribution >= 0.6 is 0 Å². The molecule has 0 aromatic rings. The molecule has 2 rings (SSSR count). The number of allylic oxidation sites excluding steroid dienone is 1. The number of carbonyl (C=O) groups is 1. The van der Waals surface area contributed by atoms with Crippen molar-refractivity contribution in [2.45, 2.75) is 6.42 Å². The minimum absolute atomic E-state index is 0.0142. The van der Waals surface area contributed by atoms with Crippen LogP contribution in [-0.4, -0.2) is 12.5 Å². The Morgan fingerprint density at radius 1 is 1.58 bits per heavy atom. The zero-order valence-electron chi connectivity index (χ0n) is 6.63. The summed E-state index contributed by atoms with van der Waals surface area (Å²) in [5.41, 5.74) is 8.33. The molecule has 0 saturated carbocycles. The predicted molar refractivity (Wildman–Crippen MR) is 46.1 cm³/mol. The minimum Gasteiger partial charge on any atom is -0.404 e. The van der Waals surface area contributed by atoms with Gasteiger partial charge in [-0.15, -0.1) is 0 Å². The maximum atomic E-state index is 11.2. The summed E-state index contributed by atoms with van der Waals surface area (Å²) in [7, 11) is 0. The largest absolute Gasteiger partial charge is 0.404 e. The standard InChI is InChI=1S/C9H10N2O/c10-4-6-2-1-3-7-8(6)5-11-9(7)12/h1,3-4H,2,5,10H2,(H,11,12). The van der Waals surface area contributed by atoms with Crippen molar-refractivity contribution in [3.05, 3.63) is 35.1 Å². The summed E-state index contributed by atoms with van der Waals surface area (Å²) < 4.78 is 0. The van der Waals surface area contributed by atoms with Gasteiger partial charge in [0.25, 0.3) is 5.91 Å². The lowest BCUT2D eigenvalue weighted by Crippen LogP contribution is -2.16. The third-order valence-electron chi connectivity index (χ3n) is 2.21. The Labute approximate surface area is 70.6 Å². The first-order valence-electron chi connectivity index (χ1n) is 3.92. The van der Waals surface area contributed by atoms with E-state index in [2.05, 4.69) is 5.32 Å². The third kappa shape index (κ3) is 0.863. The zero-order chi connectivity index (χ0) is 8.55. The fourth-order valence-corrected chi connectivity index (χ4v) is 1.55. The molecule has 0 unspecified atom stereocenters. The first-order chi connectivity index (χ1) is 5.83. The Balaban J connectivity index is 2.47. The molecule has 2 aliphatic rings. The Morgan fingerprint density at radius 2 is 2.42 bits per heavy atom. The first-order valence-corrected chi connectivity index (χ1v) is 3.92. The van der Waals surface area contributed by atoms with Crippen LogP contribution in [0.15, 0.2) is 35.1 Å². The lowest BCUT2D eigenvalue weighted by Gasteiger charge is -2.09. The van der Waals surface area contributed by atoms with Gasteiger partial charge in [0.15, 0.2) is 0 Å². The average molecular weight is 162 g/mol. The molecule has 3 heteroatoms. The van der Waals surface area contributed by atoms with Crippen LogP contribution in [0.5, 0.6) is 0 Å². The highest BCUT2D eigenvalue weighted by molar-refractivity contribution is 6.01. The van der Waals surface area contributed by atoms with Gasteiger partial charge in [0.05, 0.1) is 0 Å². The van der Waals surface area contributed by atoms with Gasteiger partial charge in [0.2, 0.25) is 0 Å². The molecular weight excluding hydrogens is 152 g/mol. The van der Waals surface area contributed by atoms with Crippen LogP contribution in [0.4, 0.5) is 0 Å². The molecule has 0 spiro atoms. The van der Waals surface area contributed by atoms with Crippen molar-refractivity contribution < 1.29 is 4.79 Å². The summed E-state index contributed by atoms with van der Waals surface area (Å²) in [6, 6.07) is 0. The van der Waals surface area contributed by atoms with Gasteiger partial charge in [0, 0.05) is 12.1 Å². The summed E-state index contributed by atoms with van der Waals surface area (Å²) >= 11 is 0. The molecule has 0 aromatic heterocycles. The molecule has 0 bridgehead atoms. The normalized spacial score (nSPS) is 24.7. The molecule has 62 valence electrons. The lowest BCUT2D eigenvalue weighted by atomic mass is 9.95. The van der Waals surface area contributed by atoms with Gasteiger partial charge in [-0.05, 0) is 23.8 Å². The van der Waals surface area contributed by atoms with E-state index in [0.717, 1.165) is 23.1 Å². The molecule has 0 saturated heterocycles. The maximum absolute atomic E-state index is 11.2. The van der Waals surface area contributed by atoms with E-state index in [0.29, 0.717) is 6.54 Å². The van der Waals surface area contributed by atoms with Crippen LogP contribution in [-0.2, 0) is 4.79 Å². The molecule has 0 fully saturated rings. The van der Waals surface area contributed by atoms with E-state index in [4.69, 9.17) is 5.73 Å². The summed E-state index contributed by atoms with van der Waals surface area (Å²) in [5, 5.41) is 2.77. The number of amides is 1. The van der Waals surface area contributed by atoms with Gasteiger partial charge in [-0.3, -0.25) is 4.79 Å². The number of carbonyl (C=O) groups excluding carboxylic acids is 1. The fourth-order valence-electron chi connectivity index (χ4n) is 1.55. The van der Waals surface area contributed by atoms with E-state index in [1.54, 1.807) is 6.20 Å². The Kier molecular flexibility index (Phi) is 1.50. The van der Waals surface area contributed by atoms with E-state index in [9.17, 15) is 4.79 Å². The van der Waals surface area contributed by atoms with E-state index in [1.807, 2.05) is 12.2 Å². The Bertz CT molecular complexity index is 323. The molecule has 0 radical (unpaired) electrons. The first kappa shape index (κ1) is 7.16. The highest BCUT2D eigenvalue weighted by Gasteiger charge is 2.24. The molecule has 1 heterocycles. The number of hydrogen-bond donors (Lipinski definition) is 2. The third-order valence-corrected chi connectivity index (χ3v) is 2.21. The number of rotatable bonds is 0. The molecule has 0 aromatic carbocycles. The summed E-state index contributed by atoms with van der Waals surface area (Å²) in [6.45, 7) is 0.627. The molecule has 3 nitrogen and oxygen atoms in total. The second-order valence-corrected chi connectivity index (χ2v) is 2.87. The highest BCUT2D eigenvalue weighted by Crippen LogP contribution is 2.26. The van der Waals surface area contributed by atoms with Crippen molar-refractivity contribution in [3.8, 4) is 0 Å². The van der Waals surface area contributed by atoms with Crippen molar-refractivity contribution in [1.29, 1.82) is 0 Å². The number of nitrogens with one attached hydrogen (secondary N) is 1. The van der Waals surface area contributed by atoms with Gasteiger partial charge in [-0.1, -0.05) is 12.2 Å². The quantitative estimate of drug-likeness (QED) is 0.535. The van der Waals surface area contributed by atoms with E-state index < -0.39 is 0 Å². The second-order valence-electron chi connectivity index (χ2n) is 2.87. The SMILES string of the molecule is NC=C1CC=CC2=C1CNC2=O. The van der Waals surface area contributed by atoms with Crippen molar-refractivity contribution >= 4 is 5.91 Å². The number of hydrogen-bond acceptors (Lipinski definition) is 2. The van der Waals surface area contributed by atoms with Gasteiger partial charge in [0.1, 0.15) is 0 Å². The molecule has 0 atom stereocenters. The minimum atomic E-state index is 0.0142. The second kappa shape index (κ2) is 2.52. The Morgan fingerprint density at radius 3 is 3.17 bits per heavy atom. The molecule has 1 aliphatic heterocycles. The van der Waals surface area contributed by atoms with Crippen LogP contribution < -0.4 is 11.1 Å². The van der Waals surface area contributed by atoms with Gasteiger partial charge in [-0.2, -0.15) is 0 Å². The van der Waals surface area contributed by atoms with Crippen LogP contribution in [0, 0.1) is 0 Å². The van der Waals surface area contributed by atoms with E-state index in [1.165, 1.54) is 0 Å². The average Bonchev–Trinajstić information content (AvgIpc) is 2.48. The maximum Gasteiger partial charge on any atom is 0.251 e. The summed E-state index contributed by atoms with van der Waals surface area (Å²) in [5.74, 6) is 0.0142. The molecule has 1 aliphatic carbocycles. The lowest BCUT2D eigenvalue weighted by molar-refractivity contribution is -0.116. The molecule has 12 heavy (non-hydrogen) atoms. The van der Waals surface area contributed by atoms with Gasteiger partial charge in [-0.25, -0.2) is 0 Å². The molecule has 3 N–H and O–H groups in total. The number of nitrogens with two attached hydrogens (primary N) is 1. The van der Waals surface area contributed by atoms with Crippen LogP contribution in [0.3, 0.4) is 0 Å². The Hall–Kier alpha value is -1.51. The van der Waals surface area contributed by atoms with Gasteiger partial charge >= 0.3 is 0 Å². The van der Waals surface area contributed by atoms with E-state index >= 15 is 0 Å². The summed E-state index contributed by atoms with van der Waals surface area (Å²) in [4.78, 5) is 11.2. The van der Waals surface area contributed by atoms with Gasteiger partial charge < -0.3 is 11.1 Å². The van der Waals surface area contributed by atoms with E-state index in [-0.39, 0.29) is 5.91 Å². The monoisotopic (exact) mass is 162 g/mol. The fraction of sp³-hybridized carbons (Fsp3) is 0.222. The van der Waals surface area contributed by atoms with Crippen LogP contribution in [0.1, 0.15) is 6.42 Å². The summed E-state index contributed by atoms with van der Waals surface area (Å²) in [6.07, 6.45) is 6.25. The van der Waals surface area contributed by atoms with Crippen molar-refractivity contribution in [2.24, 2.45) is 5.73 Å². The molecule has 1 amide bonds. The molecular formula is C9H10N2O. The van der Waals surface area contributed by atoms with Crippen molar-refractivity contribution in [1.82, 2.24) is 5.32 Å². The van der Waals surface area contributed by atoms with Crippen molar-refractivity contribution in [3.63, 3.8) is 0 Å². The van der Waals surface area contributed by atoms with Crippen LogP contribution in [0.25, 0.3) is 0 Å².